The highest BCUT2D eigenvalue weighted by molar-refractivity contribution is 4.92. The fraction of sp³-hybridized carbons (Fsp3) is 1.00. The predicted molar refractivity (Wildman–Crippen MR) is 66.7 cm³/mol. The normalized spacial score (nSPS) is 30.9. The summed E-state index contributed by atoms with van der Waals surface area (Å²) in [5.74, 6) is 0. The van der Waals surface area contributed by atoms with E-state index in [-0.39, 0.29) is 0 Å². The molecule has 0 amide bonds. The van der Waals surface area contributed by atoms with Crippen LogP contribution in [-0.4, -0.2) is 50.8 Å². The monoisotopic (exact) mass is 226 g/mol. The zero-order valence-corrected chi connectivity index (χ0v) is 10.8. The Labute approximate surface area is 99.5 Å². The van der Waals surface area contributed by atoms with E-state index in [9.17, 15) is 0 Å². The third kappa shape index (κ3) is 2.96. The maximum atomic E-state index is 5.72. The number of hydrogen-bond acceptors (Lipinski definition) is 3. The van der Waals surface area contributed by atoms with E-state index in [1.165, 1.54) is 38.8 Å². The van der Waals surface area contributed by atoms with E-state index in [0.717, 1.165) is 25.8 Å². The Bertz CT molecular complexity index is 204. The van der Waals surface area contributed by atoms with E-state index in [1.54, 1.807) is 0 Å². The molecule has 0 radical (unpaired) electrons. The Hall–Kier alpha value is -0.120. The minimum Gasteiger partial charge on any atom is -0.381 e. The summed E-state index contributed by atoms with van der Waals surface area (Å²) in [5, 5.41) is 3.36. The second kappa shape index (κ2) is 5.48. The molecule has 16 heavy (non-hydrogen) atoms. The molecule has 2 fully saturated rings. The highest BCUT2D eigenvalue weighted by Crippen LogP contribution is 2.34. The van der Waals surface area contributed by atoms with Gasteiger partial charge in [-0.25, -0.2) is 0 Å². The number of ether oxygens (including phenoxy) is 1. The van der Waals surface area contributed by atoms with Crippen molar-refractivity contribution in [3.05, 3.63) is 0 Å². The second-order valence-electron chi connectivity index (χ2n) is 5.48. The lowest BCUT2D eigenvalue weighted by Crippen LogP contribution is -2.49. The lowest BCUT2D eigenvalue weighted by Gasteiger charge is -2.40. The van der Waals surface area contributed by atoms with E-state index in [4.69, 9.17) is 4.74 Å². The Kier molecular flexibility index (Phi) is 4.22. The molecule has 1 N–H and O–H groups in total. The van der Waals surface area contributed by atoms with E-state index < -0.39 is 0 Å². The lowest BCUT2D eigenvalue weighted by molar-refractivity contribution is -0.0259. The van der Waals surface area contributed by atoms with Crippen LogP contribution in [0.15, 0.2) is 0 Å². The minimum atomic E-state index is 0.367. The molecule has 1 aliphatic carbocycles. The van der Waals surface area contributed by atoms with Gasteiger partial charge in [-0.05, 0) is 39.3 Å². The van der Waals surface area contributed by atoms with Gasteiger partial charge < -0.3 is 10.1 Å². The standard InChI is InChI=1S/C13H26N2O/c1-3-15(12-5-6-12)10-13(9-14-2)7-4-8-16-11-13/h12,14H,3-11H2,1-2H3. The summed E-state index contributed by atoms with van der Waals surface area (Å²) in [6.07, 6.45) is 5.36. The zero-order valence-electron chi connectivity index (χ0n) is 10.8. The van der Waals surface area contributed by atoms with Crippen LogP contribution in [0.3, 0.4) is 0 Å². The largest absolute Gasteiger partial charge is 0.381 e. The lowest BCUT2D eigenvalue weighted by atomic mass is 9.81. The summed E-state index contributed by atoms with van der Waals surface area (Å²) in [7, 11) is 2.06. The van der Waals surface area contributed by atoms with Crippen LogP contribution in [0.5, 0.6) is 0 Å². The van der Waals surface area contributed by atoms with Gasteiger partial charge in [0, 0.05) is 31.2 Å². The summed E-state index contributed by atoms with van der Waals surface area (Å²) in [4.78, 5) is 2.66. The Morgan fingerprint density at radius 1 is 1.44 bits per heavy atom. The summed E-state index contributed by atoms with van der Waals surface area (Å²) >= 11 is 0. The molecule has 2 rings (SSSR count). The highest BCUT2D eigenvalue weighted by Gasteiger charge is 2.38. The molecule has 1 atom stereocenters. The van der Waals surface area contributed by atoms with E-state index in [1.807, 2.05) is 0 Å². The number of nitrogens with zero attached hydrogens (tertiary/aromatic N) is 1. The van der Waals surface area contributed by atoms with Crippen LogP contribution in [-0.2, 0) is 4.74 Å². The van der Waals surface area contributed by atoms with E-state index in [0.29, 0.717) is 5.41 Å². The van der Waals surface area contributed by atoms with Gasteiger partial charge in [-0.3, -0.25) is 4.90 Å². The smallest absolute Gasteiger partial charge is 0.0546 e. The summed E-state index contributed by atoms with van der Waals surface area (Å²) in [6.45, 7) is 7.69. The van der Waals surface area contributed by atoms with Crippen molar-refractivity contribution in [1.29, 1.82) is 0 Å². The first-order valence-corrected chi connectivity index (χ1v) is 6.76. The van der Waals surface area contributed by atoms with Crippen LogP contribution in [0, 0.1) is 5.41 Å². The number of nitrogens with one attached hydrogen (secondary N) is 1. The molecular weight excluding hydrogens is 200 g/mol. The predicted octanol–water partition coefficient (Wildman–Crippen LogP) is 1.49. The van der Waals surface area contributed by atoms with Gasteiger partial charge in [-0.1, -0.05) is 6.92 Å². The van der Waals surface area contributed by atoms with Gasteiger partial charge in [0.1, 0.15) is 0 Å². The fourth-order valence-corrected chi connectivity index (χ4v) is 2.97. The molecule has 1 heterocycles. The first-order valence-electron chi connectivity index (χ1n) is 6.76. The van der Waals surface area contributed by atoms with Crippen molar-refractivity contribution in [3.63, 3.8) is 0 Å². The first kappa shape index (κ1) is 12.3. The molecule has 3 heteroatoms. The van der Waals surface area contributed by atoms with Crippen LogP contribution in [0.1, 0.15) is 32.6 Å². The molecule has 0 aromatic carbocycles. The molecule has 1 unspecified atom stereocenters. The average molecular weight is 226 g/mol. The van der Waals surface area contributed by atoms with Gasteiger partial charge >= 0.3 is 0 Å². The van der Waals surface area contributed by atoms with Crippen molar-refractivity contribution in [2.24, 2.45) is 5.41 Å². The molecule has 1 aliphatic heterocycles. The van der Waals surface area contributed by atoms with Crippen LogP contribution in [0.4, 0.5) is 0 Å². The summed E-state index contributed by atoms with van der Waals surface area (Å²) in [6, 6.07) is 0.876. The van der Waals surface area contributed by atoms with Crippen LogP contribution in [0.25, 0.3) is 0 Å². The van der Waals surface area contributed by atoms with E-state index in [2.05, 4.69) is 24.2 Å². The van der Waals surface area contributed by atoms with Crippen molar-refractivity contribution in [2.45, 2.75) is 38.6 Å². The molecule has 0 spiro atoms. The van der Waals surface area contributed by atoms with Gasteiger partial charge in [-0.2, -0.15) is 0 Å². The third-order valence-corrected chi connectivity index (χ3v) is 3.96. The first-order chi connectivity index (χ1) is 7.79. The molecule has 1 saturated heterocycles. The zero-order chi connectivity index (χ0) is 11.4. The fourth-order valence-electron chi connectivity index (χ4n) is 2.97. The van der Waals surface area contributed by atoms with Gasteiger partial charge in [0.05, 0.1) is 6.61 Å². The van der Waals surface area contributed by atoms with E-state index >= 15 is 0 Å². The highest BCUT2D eigenvalue weighted by atomic mass is 16.5. The molecule has 94 valence electrons. The molecule has 0 bridgehead atoms. The SMILES string of the molecule is CCN(CC1(CNC)CCCOC1)C1CC1. The van der Waals surface area contributed by atoms with Gasteiger partial charge in [0.2, 0.25) is 0 Å². The maximum Gasteiger partial charge on any atom is 0.0546 e. The van der Waals surface area contributed by atoms with Crippen molar-refractivity contribution < 1.29 is 4.74 Å². The Morgan fingerprint density at radius 2 is 2.25 bits per heavy atom. The molecule has 3 nitrogen and oxygen atoms in total. The van der Waals surface area contributed by atoms with Crippen LogP contribution in [0.2, 0.25) is 0 Å². The minimum absolute atomic E-state index is 0.367. The van der Waals surface area contributed by atoms with Crippen LogP contribution < -0.4 is 5.32 Å². The maximum absolute atomic E-state index is 5.72. The Morgan fingerprint density at radius 3 is 2.75 bits per heavy atom. The Balaban J connectivity index is 1.94. The number of hydrogen-bond donors (Lipinski definition) is 1. The molecule has 2 aliphatic rings. The molecule has 1 saturated carbocycles. The number of rotatable bonds is 6. The summed E-state index contributed by atoms with van der Waals surface area (Å²) in [5.41, 5.74) is 0.367. The average Bonchev–Trinajstić information content (AvgIpc) is 3.12. The van der Waals surface area contributed by atoms with Crippen molar-refractivity contribution in [1.82, 2.24) is 10.2 Å². The molecule has 0 aromatic rings. The molecule has 0 aromatic heterocycles. The van der Waals surface area contributed by atoms with Crippen LogP contribution >= 0.6 is 0 Å². The third-order valence-electron chi connectivity index (χ3n) is 3.96. The van der Waals surface area contributed by atoms with Crippen molar-refractivity contribution in [3.8, 4) is 0 Å². The molecular formula is C13H26N2O. The van der Waals surface area contributed by atoms with Gasteiger partial charge in [0.25, 0.3) is 0 Å². The quantitative estimate of drug-likeness (QED) is 0.742. The van der Waals surface area contributed by atoms with Crippen molar-refractivity contribution >= 4 is 0 Å². The second-order valence-corrected chi connectivity index (χ2v) is 5.48. The topological polar surface area (TPSA) is 24.5 Å². The van der Waals surface area contributed by atoms with Gasteiger partial charge in [0.15, 0.2) is 0 Å². The summed E-state index contributed by atoms with van der Waals surface area (Å²) < 4.78 is 5.72. The van der Waals surface area contributed by atoms with Crippen molar-refractivity contribution in [2.75, 3.05) is 39.9 Å². The van der Waals surface area contributed by atoms with Gasteiger partial charge in [-0.15, -0.1) is 0 Å².